The highest BCUT2D eigenvalue weighted by Crippen LogP contribution is 2.36. The van der Waals surface area contributed by atoms with Gasteiger partial charge >= 0.3 is 0 Å². The van der Waals surface area contributed by atoms with Gasteiger partial charge in [0.05, 0.1) is 23.9 Å². The molecule has 2 aromatic rings. The zero-order valence-corrected chi connectivity index (χ0v) is 14.3. The highest BCUT2D eigenvalue weighted by atomic mass is 79.9. The first kappa shape index (κ1) is 17.1. The zero-order valence-electron chi connectivity index (χ0n) is 12.7. The molecule has 1 N–H and O–H groups in total. The van der Waals surface area contributed by atoms with Gasteiger partial charge in [0.1, 0.15) is 12.0 Å². The highest BCUT2D eigenvalue weighted by molar-refractivity contribution is 9.10. The maximum Gasteiger partial charge on any atom is 0.258 e. The average molecular weight is 382 g/mol. The summed E-state index contributed by atoms with van der Waals surface area (Å²) in [6.45, 7) is 1.62. The fourth-order valence-electron chi connectivity index (χ4n) is 1.98. The van der Waals surface area contributed by atoms with Gasteiger partial charge in [0.15, 0.2) is 18.1 Å². The average Bonchev–Trinajstić information content (AvgIpc) is 3.07. The van der Waals surface area contributed by atoms with E-state index >= 15 is 0 Å². The molecule has 0 aliphatic heterocycles. The molecule has 1 atom stereocenters. The number of hydrogen-bond donors (Lipinski definition) is 1. The lowest BCUT2D eigenvalue weighted by atomic mass is 10.2. The molecule has 0 saturated heterocycles. The van der Waals surface area contributed by atoms with Crippen molar-refractivity contribution in [3.63, 3.8) is 0 Å². The number of furan rings is 1. The summed E-state index contributed by atoms with van der Waals surface area (Å²) in [6.07, 6.45) is 2.25. The molecule has 0 spiro atoms. The van der Waals surface area contributed by atoms with E-state index in [9.17, 15) is 9.59 Å². The lowest BCUT2D eigenvalue weighted by molar-refractivity contribution is -0.123. The van der Waals surface area contributed by atoms with Gasteiger partial charge in [-0.2, -0.15) is 0 Å². The Balaban J connectivity index is 2.00. The number of aldehydes is 1. The van der Waals surface area contributed by atoms with Crippen molar-refractivity contribution in [2.45, 2.75) is 13.0 Å². The molecule has 0 saturated carbocycles. The normalized spacial score (nSPS) is 11.6. The van der Waals surface area contributed by atoms with Crippen LogP contribution < -0.4 is 14.8 Å². The molecule has 0 aliphatic carbocycles. The van der Waals surface area contributed by atoms with Gasteiger partial charge in [-0.3, -0.25) is 9.59 Å². The minimum absolute atomic E-state index is 0.194. The number of methoxy groups -OCH3 is 1. The van der Waals surface area contributed by atoms with Crippen LogP contribution in [0, 0.1) is 0 Å². The number of rotatable bonds is 7. The molecule has 1 amide bonds. The predicted octanol–water partition coefficient (Wildman–Crippen LogP) is 3.12. The summed E-state index contributed by atoms with van der Waals surface area (Å²) in [7, 11) is 1.46. The topological polar surface area (TPSA) is 77.8 Å². The van der Waals surface area contributed by atoms with Crippen LogP contribution in [0.3, 0.4) is 0 Å². The van der Waals surface area contributed by atoms with Gasteiger partial charge in [0.25, 0.3) is 5.91 Å². The Labute approximate surface area is 141 Å². The Kier molecular flexibility index (Phi) is 5.81. The van der Waals surface area contributed by atoms with E-state index in [2.05, 4.69) is 21.2 Å². The van der Waals surface area contributed by atoms with Crippen LogP contribution in [0.1, 0.15) is 29.1 Å². The van der Waals surface area contributed by atoms with Crippen LogP contribution in [-0.2, 0) is 4.79 Å². The summed E-state index contributed by atoms with van der Waals surface area (Å²) in [5.41, 5.74) is 0.442. The van der Waals surface area contributed by atoms with Crippen LogP contribution in [0.2, 0.25) is 0 Å². The summed E-state index contributed by atoms with van der Waals surface area (Å²) in [5, 5.41) is 2.76. The highest BCUT2D eigenvalue weighted by Gasteiger charge is 2.15. The van der Waals surface area contributed by atoms with E-state index in [1.807, 2.05) is 6.92 Å². The number of amides is 1. The number of carbonyl (C=O) groups excluding carboxylic acids is 2. The molecule has 0 radical (unpaired) electrons. The number of carbonyl (C=O) groups is 2. The first-order valence-electron chi connectivity index (χ1n) is 6.83. The van der Waals surface area contributed by atoms with Crippen molar-refractivity contribution in [1.82, 2.24) is 5.32 Å². The predicted molar refractivity (Wildman–Crippen MR) is 86.8 cm³/mol. The molecule has 0 unspecified atom stereocenters. The molecule has 0 fully saturated rings. The maximum absolute atomic E-state index is 12.0. The van der Waals surface area contributed by atoms with Crippen LogP contribution in [0.15, 0.2) is 39.4 Å². The first-order chi connectivity index (χ1) is 11.0. The fourth-order valence-corrected chi connectivity index (χ4v) is 2.55. The minimum Gasteiger partial charge on any atom is -0.493 e. The Bertz CT molecular complexity index is 684. The second-order valence-electron chi connectivity index (χ2n) is 4.75. The van der Waals surface area contributed by atoms with Crippen molar-refractivity contribution in [2.75, 3.05) is 13.7 Å². The number of hydrogen-bond acceptors (Lipinski definition) is 5. The standard InChI is InChI=1S/C16H16BrNO5/c1-10(13-4-3-5-22-13)18-15(20)9-23-16-12(17)6-11(8-19)7-14(16)21-2/h3-8,10H,9H2,1-2H3,(H,18,20)/t10-/m1/s1. The summed E-state index contributed by atoms with van der Waals surface area (Å²) in [6, 6.07) is 6.41. The van der Waals surface area contributed by atoms with Crippen LogP contribution in [-0.4, -0.2) is 25.9 Å². The third kappa shape index (κ3) is 4.35. The lowest BCUT2D eigenvalue weighted by Crippen LogP contribution is -2.31. The summed E-state index contributed by atoms with van der Waals surface area (Å²) >= 11 is 3.30. The Hall–Kier alpha value is -2.28. The zero-order chi connectivity index (χ0) is 16.8. The quantitative estimate of drug-likeness (QED) is 0.745. The van der Waals surface area contributed by atoms with Crippen molar-refractivity contribution >= 4 is 28.1 Å². The van der Waals surface area contributed by atoms with Gasteiger partial charge in [0.2, 0.25) is 0 Å². The van der Waals surface area contributed by atoms with E-state index in [4.69, 9.17) is 13.9 Å². The van der Waals surface area contributed by atoms with Gasteiger partial charge in [-0.25, -0.2) is 0 Å². The van der Waals surface area contributed by atoms with E-state index in [1.54, 1.807) is 24.5 Å². The van der Waals surface area contributed by atoms with Crippen molar-refractivity contribution < 1.29 is 23.5 Å². The maximum atomic E-state index is 12.0. The molecular formula is C16H16BrNO5. The second kappa shape index (κ2) is 7.82. The fraction of sp³-hybridized carbons (Fsp3) is 0.250. The van der Waals surface area contributed by atoms with Gasteiger partial charge in [0, 0.05) is 5.56 Å². The third-order valence-corrected chi connectivity index (χ3v) is 3.67. The molecule has 1 heterocycles. The van der Waals surface area contributed by atoms with Crippen LogP contribution in [0.25, 0.3) is 0 Å². The van der Waals surface area contributed by atoms with Crippen molar-refractivity contribution in [3.05, 3.63) is 46.3 Å². The van der Waals surface area contributed by atoms with E-state index in [0.29, 0.717) is 33.6 Å². The molecule has 0 bridgehead atoms. The van der Waals surface area contributed by atoms with Crippen LogP contribution >= 0.6 is 15.9 Å². The molecular weight excluding hydrogens is 366 g/mol. The van der Waals surface area contributed by atoms with Crippen LogP contribution in [0.5, 0.6) is 11.5 Å². The molecule has 2 rings (SSSR count). The number of nitrogens with one attached hydrogen (secondary N) is 1. The van der Waals surface area contributed by atoms with E-state index in [0.717, 1.165) is 0 Å². The van der Waals surface area contributed by atoms with E-state index < -0.39 is 0 Å². The Morgan fingerprint density at radius 2 is 2.26 bits per heavy atom. The summed E-state index contributed by atoms with van der Waals surface area (Å²) in [5.74, 6) is 1.09. The molecule has 122 valence electrons. The number of halogens is 1. The Morgan fingerprint density at radius 1 is 1.48 bits per heavy atom. The molecule has 1 aromatic heterocycles. The van der Waals surface area contributed by atoms with Gasteiger partial charge in [-0.15, -0.1) is 0 Å². The molecule has 1 aromatic carbocycles. The lowest BCUT2D eigenvalue weighted by Gasteiger charge is -2.15. The monoisotopic (exact) mass is 381 g/mol. The number of ether oxygens (including phenoxy) is 2. The second-order valence-corrected chi connectivity index (χ2v) is 5.60. The van der Waals surface area contributed by atoms with E-state index in [-0.39, 0.29) is 18.6 Å². The molecule has 7 heteroatoms. The Morgan fingerprint density at radius 3 is 2.87 bits per heavy atom. The van der Waals surface area contributed by atoms with Crippen molar-refractivity contribution in [1.29, 1.82) is 0 Å². The third-order valence-electron chi connectivity index (χ3n) is 3.08. The van der Waals surface area contributed by atoms with Gasteiger partial charge < -0.3 is 19.2 Å². The SMILES string of the molecule is COc1cc(C=O)cc(Br)c1OCC(=O)N[C@H](C)c1ccco1. The molecule has 23 heavy (non-hydrogen) atoms. The smallest absolute Gasteiger partial charge is 0.258 e. The first-order valence-corrected chi connectivity index (χ1v) is 7.62. The summed E-state index contributed by atoms with van der Waals surface area (Å²) < 4.78 is 16.4. The van der Waals surface area contributed by atoms with Gasteiger partial charge in [-0.05, 0) is 47.1 Å². The number of benzene rings is 1. The van der Waals surface area contributed by atoms with Crippen molar-refractivity contribution in [3.8, 4) is 11.5 Å². The van der Waals surface area contributed by atoms with Crippen molar-refractivity contribution in [2.24, 2.45) is 0 Å². The van der Waals surface area contributed by atoms with E-state index in [1.165, 1.54) is 13.2 Å². The van der Waals surface area contributed by atoms with Gasteiger partial charge in [-0.1, -0.05) is 0 Å². The molecule has 0 aliphatic rings. The summed E-state index contributed by atoms with van der Waals surface area (Å²) in [4.78, 5) is 22.8. The van der Waals surface area contributed by atoms with Crippen LogP contribution in [0.4, 0.5) is 0 Å². The minimum atomic E-state index is -0.303. The molecule has 6 nitrogen and oxygen atoms in total. The largest absolute Gasteiger partial charge is 0.493 e.